The Morgan fingerprint density at radius 1 is 1.02 bits per heavy atom. The molecule has 4 aliphatic heterocycles. The molecular formula is C30H36F2N8O12P2S2. The number of ketones is 2. The third kappa shape index (κ3) is 8.11. The van der Waals surface area contributed by atoms with E-state index in [0.29, 0.717) is 0 Å². The van der Waals surface area contributed by atoms with Crippen LogP contribution in [-0.4, -0.2) is 107 Å². The average molecular weight is 865 g/mol. The number of amides is 1. The minimum Gasteiger partial charge on any atom is -0.346 e. The summed E-state index contributed by atoms with van der Waals surface area (Å²) in [5.41, 5.74) is -1.13. The second kappa shape index (κ2) is 15.6. The lowest BCUT2D eigenvalue weighted by Crippen LogP contribution is -2.37. The highest BCUT2D eigenvalue weighted by Crippen LogP contribution is 2.58. The molecule has 0 saturated carbocycles. The molecule has 1 amide bonds. The minimum absolute atomic E-state index is 0.00371. The maximum atomic E-state index is 16.4. The van der Waals surface area contributed by atoms with Crippen LogP contribution in [0.1, 0.15) is 62.9 Å². The first-order valence-electron chi connectivity index (χ1n) is 17.2. The predicted octanol–water partition coefficient (Wildman–Crippen LogP) is 2.72. The molecule has 56 heavy (non-hydrogen) atoms. The number of rotatable bonds is 6. The molecule has 3 fully saturated rings. The van der Waals surface area contributed by atoms with Crippen LogP contribution < -0.4 is 10.9 Å². The molecule has 3 aromatic heterocycles. The topological polar surface area (TPSA) is 250 Å². The van der Waals surface area contributed by atoms with Crippen LogP contribution in [0.4, 0.5) is 14.6 Å². The van der Waals surface area contributed by atoms with Crippen LogP contribution in [0.2, 0.25) is 0 Å². The van der Waals surface area contributed by atoms with Gasteiger partial charge in [0.15, 0.2) is 53.3 Å². The first kappa shape index (κ1) is 41.0. The average Bonchev–Trinajstić information content (AvgIpc) is 3.87. The number of nitrogens with one attached hydrogen (secondary N) is 2. The standard InChI is InChI=1S/C30H36F2N8O12P2S2/c1-11(2)13(41)5-17-36-26-22(28(44)38-17)34-10-40(26)30-20(32)24-16(50-30)8-48-53(45,55)51-23-15(7-47-54(46,56)52-24)49-29(19(23)31)39-9-33-21-14(42)6-18(35-25(21)39)37-27(43)12(3)4/h9-12,15-16,19-20,23-24,29-30H,5-8H2,1-4H3,(H,45,55)(H,46,56)(H,35,37,43)(H,36,38,44)/t15-,16-,19-,20-,23-,24-,29-,30-,53?,54?/m1/s1. The van der Waals surface area contributed by atoms with Crippen LogP contribution in [0.15, 0.2) is 22.4 Å². The number of thiol groups is 1. The van der Waals surface area contributed by atoms with Gasteiger partial charge < -0.3 is 29.2 Å². The Labute approximate surface area is 326 Å². The van der Waals surface area contributed by atoms with Gasteiger partial charge in [0.25, 0.3) is 5.56 Å². The molecule has 2 unspecified atom stereocenters. The van der Waals surface area contributed by atoms with Crippen LogP contribution in [-0.2, 0) is 60.0 Å². The molecule has 4 aliphatic rings. The van der Waals surface area contributed by atoms with Gasteiger partial charge in [0.2, 0.25) is 5.91 Å². The van der Waals surface area contributed by atoms with Gasteiger partial charge in [-0.25, -0.2) is 33.3 Å². The van der Waals surface area contributed by atoms with Gasteiger partial charge in [0.1, 0.15) is 41.9 Å². The molecule has 3 N–H and O–H groups in total. The molecule has 0 aliphatic carbocycles. The van der Waals surface area contributed by atoms with Gasteiger partial charge in [-0.05, 0) is 11.8 Å². The molecular weight excluding hydrogens is 828 g/mol. The van der Waals surface area contributed by atoms with E-state index >= 15 is 8.78 Å². The van der Waals surface area contributed by atoms with Crippen molar-refractivity contribution in [1.29, 1.82) is 0 Å². The van der Waals surface area contributed by atoms with Crippen molar-refractivity contribution in [3.05, 3.63) is 34.5 Å². The molecule has 20 nitrogen and oxygen atoms in total. The van der Waals surface area contributed by atoms with Crippen molar-refractivity contribution in [2.45, 2.75) is 89.8 Å². The highest BCUT2D eigenvalue weighted by Gasteiger charge is 2.54. The largest absolute Gasteiger partial charge is 0.386 e. The summed E-state index contributed by atoms with van der Waals surface area (Å²) in [5.74, 6) is -2.03. The van der Waals surface area contributed by atoms with E-state index in [0.717, 1.165) is 21.8 Å². The van der Waals surface area contributed by atoms with Crippen molar-refractivity contribution in [2.24, 2.45) is 16.8 Å². The summed E-state index contributed by atoms with van der Waals surface area (Å²) in [6, 6.07) is 0. The van der Waals surface area contributed by atoms with E-state index in [-0.39, 0.29) is 58.9 Å². The number of imidazole rings is 2. The number of aromatic nitrogens is 6. The number of ether oxygens (including phenoxy) is 2. The van der Waals surface area contributed by atoms with Crippen molar-refractivity contribution in [3.63, 3.8) is 0 Å². The number of halogens is 2. The number of amidine groups is 1. The summed E-state index contributed by atoms with van der Waals surface area (Å²) in [5, 5.41) is 2.56. The second-order valence-electron chi connectivity index (χ2n) is 13.9. The number of Topliss-reactive ketones (excluding diaryl/α,β-unsaturated/α-hetero) is 2. The molecule has 10 atom stereocenters. The Hall–Kier alpha value is -3.15. The predicted molar refractivity (Wildman–Crippen MR) is 195 cm³/mol. The van der Waals surface area contributed by atoms with E-state index in [4.69, 9.17) is 39.4 Å². The van der Waals surface area contributed by atoms with E-state index in [2.05, 4.69) is 42.5 Å². The Kier molecular flexibility index (Phi) is 11.4. The van der Waals surface area contributed by atoms with Gasteiger partial charge >= 0.3 is 13.5 Å². The van der Waals surface area contributed by atoms with Crippen LogP contribution in [0.5, 0.6) is 0 Å². The van der Waals surface area contributed by atoms with Gasteiger partial charge in [-0.1, -0.05) is 39.9 Å². The molecule has 3 saturated heterocycles. The number of H-pyrrole nitrogens is 1. The number of aromatic amines is 1. The number of carbonyl (C=O) groups excluding carboxylic acids is 3. The first-order chi connectivity index (χ1) is 26.3. The van der Waals surface area contributed by atoms with Gasteiger partial charge in [-0.15, -0.1) is 0 Å². The van der Waals surface area contributed by atoms with E-state index in [1.807, 2.05) is 0 Å². The zero-order valence-electron chi connectivity index (χ0n) is 29.9. The SMILES string of the molecule is CC(C)C(=O)Cc1nc2c(ncn2[C@@H]2O[C@@H]3COP(O)(=S)O[C@H]4[C@@H](F)[C@H](n5cnc6c5N=C(NC(=O)C(C)C)CC6=O)O[C@@H]4COP(=O)(S)O[C@H]3[C@H]2F)c(=O)[nH]1. The molecule has 3 aromatic rings. The molecule has 0 radical (unpaired) electrons. The highest BCUT2D eigenvalue weighted by molar-refractivity contribution is 8.44. The lowest BCUT2D eigenvalue weighted by molar-refractivity contribution is -0.122. The molecule has 26 heteroatoms. The van der Waals surface area contributed by atoms with Crippen molar-refractivity contribution in [2.75, 3.05) is 13.2 Å². The number of hydrogen-bond donors (Lipinski definition) is 4. The third-order valence-corrected chi connectivity index (χ3v) is 12.4. The number of nitrogens with zero attached hydrogens (tertiary/aromatic N) is 6. The van der Waals surface area contributed by atoms with Crippen LogP contribution in [0.3, 0.4) is 0 Å². The van der Waals surface area contributed by atoms with Crippen molar-refractivity contribution >= 4 is 77.9 Å². The maximum absolute atomic E-state index is 16.4. The normalized spacial score (nSPS) is 33.8. The number of carbonyl (C=O) groups is 3. The fourth-order valence-electron chi connectivity index (χ4n) is 6.28. The second-order valence-corrected chi connectivity index (χ2v) is 19.6. The lowest BCUT2D eigenvalue weighted by atomic mass is 10.1. The van der Waals surface area contributed by atoms with Crippen molar-refractivity contribution in [1.82, 2.24) is 34.4 Å². The quantitative estimate of drug-likeness (QED) is 0.205. The van der Waals surface area contributed by atoms with Gasteiger partial charge in [0.05, 0.1) is 38.7 Å². The summed E-state index contributed by atoms with van der Waals surface area (Å²) in [7, 11) is 0. The highest BCUT2D eigenvalue weighted by atomic mass is 32.7. The fraction of sp³-hybridized carbons (Fsp3) is 0.600. The summed E-state index contributed by atoms with van der Waals surface area (Å²) in [6.07, 6.45) is -12.4. The van der Waals surface area contributed by atoms with Gasteiger partial charge in [0, 0.05) is 11.8 Å². The van der Waals surface area contributed by atoms with Gasteiger partial charge in [-0.2, -0.15) is 0 Å². The van der Waals surface area contributed by atoms with Crippen LogP contribution in [0, 0.1) is 11.8 Å². The zero-order valence-corrected chi connectivity index (χ0v) is 33.4. The summed E-state index contributed by atoms with van der Waals surface area (Å²) >= 11 is 9.22. The van der Waals surface area contributed by atoms with Crippen LogP contribution in [0.25, 0.3) is 11.2 Å². The third-order valence-electron chi connectivity index (χ3n) is 9.26. The molecule has 7 rings (SSSR count). The molecule has 0 aromatic carbocycles. The minimum atomic E-state index is -4.55. The molecule has 0 bridgehead atoms. The smallest absolute Gasteiger partial charge is 0.346 e. The number of alkyl halides is 2. The maximum Gasteiger partial charge on any atom is 0.386 e. The number of fused-ring (bicyclic) bond motifs is 4. The van der Waals surface area contributed by atoms with E-state index in [1.54, 1.807) is 27.7 Å². The van der Waals surface area contributed by atoms with E-state index in [1.165, 1.54) is 0 Å². The van der Waals surface area contributed by atoms with Gasteiger partial charge in [-0.3, -0.25) is 41.9 Å². The van der Waals surface area contributed by atoms with E-state index in [9.17, 15) is 28.6 Å². The summed E-state index contributed by atoms with van der Waals surface area (Å²) < 4.78 is 82.5. The summed E-state index contributed by atoms with van der Waals surface area (Å²) in [4.78, 5) is 80.6. The summed E-state index contributed by atoms with van der Waals surface area (Å²) in [6.45, 7) is -3.83. The lowest BCUT2D eigenvalue weighted by Gasteiger charge is -2.29. The number of aliphatic imine (C=N–C) groups is 1. The monoisotopic (exact) mass is 864 g/mol. The molecule has 304 valence electrons. The fourth-order valence-corrected chi connectivity index (χ4v) is 9.20. The Bertz CT molecular complexity index is 2270. The van der Waals surface area contributed by atoms with Crippen molar-refractivity contribution in [3.8, 4) is 0 Å². The van der Waals surface area contributed by atoms with Crippen molar-refractivity contribution < 1.29 is 60.2 Å². The van der Waals surface area contributed by atoms with E-state index < -0.39 is 99.1 Å². The first-order valence-corrected chi connectivity index (χ1v) is 22.5. The Balaban J connectivity index is 1.13. The molecule has 7 heterocycles. The zero-order chi connectivity index (χ0) is 40.4. The molecule has 0 spiro atoms. The van der Waals surface area contributed by atoms with Crippen LogP contribution >= 0.6 is 25.8 Å². The Morgan fingerprint density at radius 2 is 1.64 bits per heavy atom. The Morgan fingerprint density at radius 3 is 2.30 bits per heavy atom. The number of hydrogen-bond acceptors (Lipinski definition) is 16.